The molecule has 6 nitrogen and oxygen atoms in total. The molecule has 0 spiro atoms. The Kier molecular flexibility index (Phi) is 5.11. The van der Waals surface area contributed by atoms with Crippen LogP contribution in [-0.4, -0.2) is 41.1 Å². The van der Waals surface area contributed by atoms with Crippen molar-refractivity contribution in [3.63, 3.8) is 0 Å². The van der Waals surface area contributed by atoms with E-state index < -0.39 is 0 Å². The Labute approximate surface area is 159 Å². The van der Waals surface area contributed by atoms with Crippen LogP contribution in [0.3, 0.4) is 0 Å². The van der Waals surface area contributed by atoms with Crippen LogP contribution in [0.2, 0.25) is 0 Å². The summed E-state index contributed by atoms with van der Waals surface area (Å²) in [5, 5.41) is 9.40. The first-order valence-electron chi connectivity index (χ1n) is 9.35. The number of carbonyl (C=O) groups is 1. The zero-order valence-corrected chi connectivity index (χ0v) is 15.4. The Morgan fingerprint density at radius 1 is 1.15 bits per heavy atom. The highest BCUT2D eigenvalue weighted by atomic mass is 16.5. The predicted molar refractivity (Wildman–Crippen MR) is 102 cm³/mol. The summed E-state index contributed by atoms with van der Waals surface area (Å²) in [5.74, 6) is 0.356. The lowest BCUT2D eigenvalue weighted by Gasteiger charge is -2.40. The fraction of sp³-hybridized carbons (Fsp3) is 0.381. The fourth-order valence-electron chi connectivity index (χ4n) is 3.57. The number of phenols is 1. The number of carbonyl (C=O) groups excluding carboxylic acids is 1. The molecule has 27 heavy (non-hydrogen) atoms. The van der Waals surface area contributed by atoms with Crippen LogP contribution >= 0.6 is 0 Å². The third-order valence-electron chi connectivity index (χ3n) is 5.39. The lowest BCUT2D eigenvalue weighted by Crippen LogP contribution is -2.59. The van der Waals surface area contributed by atoms with Crippen molar-refractivity contribution in [3.8, 4) is 5.75 Å². The standard InChI is InChI=1S/C21H25N3O3/c1-14-4-2-3-5-16(14)13-27-18-11-24(12-18)21(26)20-10-19(22-23-20)15-6-8-17(25)9-7-15/h2-9,18-20,22-23,25H,10-13H2,1H3. The van der Waals surface area contributed by atoms with Gasteiger partial charge in [0.05, 0.1) is 12.7 Å². The summed E-state index contributed by atoms with van der Waals surface area (Å²) in [4.78, 5) is 14.5. The van der Waals surface area contributed by atoms with E-state index in [2.05, 4.69) is 29.9 Å². The number of aryl methyl sites for hydroxylation is 1. The van der Waals surface area contributed by atoms with Crippen molar-refractivity contribution >= 4 is 5.91 Å². The van der Waals surface area contributed by atoms with Gasteiger partial charge in [-0.1, -0.05) is 36.4 Å². The molecular weight excluding hydrogens is 342 g/mol. The zero-order valence-electron chi connectivity index (χ0n) is 15.4. The van der Waals surface area contributed by atoms with Gasteiger partial charge >= 0.3 is 0 Å². The Morgan fingerprint density at radius 2 is 1.89 bits per heavy atom. The minimum Gasteiger partial charge on any atom is -0.508 e. The lowest BCUT2D eigenvalue weighted by molar-refractivity contribution is -0.147. The lowest BCUT2D eigenvalue weighted by atomic mass is 10.0. The summed E-state index contributed by atoms with van der Waals surface area (Å²) < 4.78 is 5.94. The van der Waals surface area contributed by atoms with Crippen LogP contribution in [0.1, 0.15) is 29.2 Å². The molecule has 2 heterocycles. The average Bonchev–Trinajstić information content (AvgIpc) is 3.12. The van der Waals surface area contributed by atoms with E-state index in [1.165, 1.54) is 11.1 Å². The van der Waals surface area contributed by atoms with Crippen LogP contribution in [0.4, 0.5) is 0 Å². The molecule has 4 rings (SSSR count). The molecule has 0 saturated carbocycles. The molecular formula is C21H25N3O3. The minimum absolute atomic E-state index is 0.0638. The van der Waals surface area contributed by atoms with Gasteiger partial charge in [-0.3, -0.25) is 4.79 Å². The number of benzene rings is 2. The van der Waals surface area contributed by atoms with Crippen LogP contribution in [0, 0.1) is 6.92 Å². The second-order valence-corrected chi connectivity index (χ2v) is 7.32. The number of hydrazine groups is 1. The molecule has 2 aliphatic rings. The Morgan fingerprint density at radius 3 is 2.63 bits per heavy atom. The molecule has 2 saturated heterocycles. The summed E-state index contributed by atoms with van der Waals surface area (Å²) >= 11 is 0. The monoisotopic (exact) mass is 367 g/mol. The van der Waals surface area contributed by atoms with E-state index in [1.54, 1.807) is 12.1 Å². The van der Waals surface area contributed by atoms with Gasteiger partial charge in [-0.2, -0.15) is 0 Å². The maximum absolute atomic E-state index is 12.7. The number of nitrogens with one attached hydrogen (secondary N) is 2. The topological polar surface area (TPSA) is 73.8 Å². The van der Waals surface area contributed by atoms with Crippen LogP contribution < -0.4 is 10.9 Å². The summed E-state index contributed by atoms with van der Waals surface area (Å²) in [6.45, 7) is 3.96. The molecule has 2 atom stereocenters. The van der Waals surface area contributed by atoms with Crippen molar-refractivity contribution in [3.05, 3.63) is 65.2 Å². The Hall–Kier alpha value is -2.41. The number of likely N-dealkylation sites (tertiary alicyclic amines) is 1. The highest BCUT2D eigenvalue weighted by Crippen LogP contribution is 2.26. The van der Waals surface area contributed by atoms with Crippen molar-refractivity contribution in [1.29, 1.82) is 0 Å². The molecule has 1 amide bonds. The van der Waals surface area contributed by atoms with Crippen LogP contribution in [-0.2, 0) is 16.1 Å². The molecule has 2 aliphatic heterocycles. The molecule has 0 aromatic heterocycles. The maximum atomic E-state index is 12.7. The van der Waals surface area contributed by atoms with Gasteiger partial charge in [-0.15, -0.1) is 0 Å². The summed E-state index contributed by atoms with van der Waals surface area (Å²) in [6, 6.07) is 15.1. The fourth-order valence-corrected chi connectivity index (χ4v) is 3.57. The number of amides is 1. The van der Waals surface area contributed by atoms with Gasteiger partial charge in [0.1, 0.15) is 11.8 Å². The Balaban J connectivity index is 1.23. The molecule has 0 aliphatic carbocycles. The van der Waals surface area contributed by atoms with E-state index in [1.807, 2.05) is 29.2 Å². The van der Waals surface area contributed by atoms with Crippen LogP contribution in [0.15, 0.2) is 48.5 Å². The van der Waals surface area contributed by atoms with Crippen molar-refractivity contribution in [2.45, 2.75) is 38.1 Å². The van der Waals surface area contributed by atoms with Crippen molar-refractivity contribution in [1.82, 2.24) is 15.8 Å². The molecule has 3 N–H and O–H groups in total. The van der Waals surface area contributed by atoms with E-state index >= 15 is 0 Å². The molecule has 2 fully saturated rings. The first kappa shape index (κ1) is 18.0. The SMILES string of the molecule is Cc1ccccc1COC1CN(C(=O)C2CC(c3ccc(O)cc3)NN2)C1. The van der Waals surface area contributed by atoms with Gasteiger partial charge in [-0.25, -0.2) is 10.9 Å². The summed E-state index contributed by atoms with van der Waals surface area (Å²) in [5.41, 5.74) is 9.76. The average molecular weight is 367 g/mol. The number of rotatable bonds is 5. The number of hydrogen-bond donors (Lipinski definition) is 3. The molecule has 0 bridgehead atoms. The zero-order chi connectivity index (χ0) is 18.8. The van der Waals surface area contributed by atoms with Gasteiger partial charge in [0, 0.05) is 19.1 Å². The molecule has 2 aromatic carbocycles. The van der Waals surface area contributed by atoms with Crippen LogP contribution in [0.5, 0.6) is 5.75 Å². The highest BCUT2D eigenvalue weighted by molar-refractivity contribution is 5.83. The first-order valence-corrected chi connectivity index (χ1v) is 9.35. The normalized spacial score (nSPS) is 22.6. The van der Waals surface area contributed by atoms with Gasteiger partial charge in [0.15, 0.2) is 0 Å². The second kappa shape index (κ2) is 7.68. The van der Waals surface area contributed by atoms with Crippen molar-refractivity contribution in [2.75, 3.05) is 13.1 Å². The quantitative estimate of drug-likeness (QED) is 0.754. The van der Waals surface area contributed by atoms with Gasteiger partial charge in [-0.05, 0) is 42.2 Å². The van der Waals surface area contributed by atoms with Crippen LogP contribution in [0.25, 0.3) is 0 Å². The molecule has 0 radical (unpaired) electrons. The third-order valence-corrected chi connectivity index (χ3v) is 5.39. The van der Waals surface area contributed by atoms with E-state index in [9.17, 15) is 9.90 Å². The summed E-state index contributed by atoms with van der Waals surface area (Å²) in [6.07, 6.45) is 0.797. The summed E-state index contributed by atoms with van der Waals surface area (Å²) in [7, 11) is 0. The molecule has 2 unspecified atom stereocenters. The number of nitrogens with zero attached hydrogens (tertiary/aromatic N) is 1. The second-order valence-electron chi connectivity index (χ2n) is 7.32. The van der Waals surface area contributed by atoms with E-state index in [0.717, 1.165) is 5.56 Å². The molecule has 2 aromatic rings. The number of hydrogen-bond acceptors (Lipinski definition) is 5. The van der Waals surface area contributed by atoms with Crippen molar-refractivity contribution < 1.29 is 14.6 Å². The largest absolute Gasteiger partial charge is 0.508 e. The van der Waals surface area contributed by atoms with Crippen molar-refractivity contribution in [2.24, 2.45) is 0 Å². The van der Waals surface area contributed by atoms with Gasteiger partial charge in [0.25, 0.3) is 0 Å². The van der Waals surface area contributed by atoms with E-state index in [0.29, 0.717) is 26.1 Å². The maximum Gasteiger partial charge on any atom is 0.241 e. The smallest absolute Gasteiger partial charge is 0.241 e. The minimum atomic E-state index is -0.235. The molecule has 6 heteroatoms. The highest BCUT2D eigenvalue weighted by Gasteiger charge is 2.38. The van der Waals surface area contributed by atoms with Gasteiger partial charge in [0.2, 0.25) is 5.91 Å². The molecule has 142 valence electrons. The number of phenolic OH excluding ortho intramolecular Hbond substituents is 1. The Bertz CT molecular complexity index is 803. The first-order chi connectivity index (χ1) is 13.1. The third kappa shape index (κ3) is 3.98. The number of ether oxygens (including phenoxy) is 1. The predicted octanol–water partition coefficient (Wildman–Crippen LogP) is 2.04. The van der Waals surface area contributed by atoms with E-state index in [-0.39, 0.29) is 29.8 Å². The number of aromatic hydroxyl groups is 1. The van der Waals surface area contributed by atoms with Gasteiger partial charge < -0.3 is 14.7 Å². The van der Waals surface area contributed by atoms with E-state index in [4.69, 9.17) is 4.74 Å².